The molecule has 0 heterocycles. The molecule has 9 nitrogen and oxygen atoms in total. The molecule has 0 aliphatic heterocycles. The minimum Gasteiger partial charge on any atom is -0.494 e. The molecule has 0 aliphatic carbocycles. The van der Waals surface area contributed by atoms with E-state index in [0.717, 1.165) is 31.2 Å². The summed E-state index contributed by atoms with van der Waals surface area (Å²) in [5.74, 6) is -0.328. The third kappa shape index (κ3) is 9.88. The van der Waals surface area contributed by atoms with Crippen molar-refractivity contribution in [1.82, 2.24) is 0 Å². The van der Waals surface area contributed by atoms with E-state index >= 15 is 0 Å². The highest BCUT2D eigenvalue weighted by atomic mass is 16.5. The van der Waals surface area contributed by atoms with Gasteiger partial charge in [0.25, 0.3) is 0 Å². The second kappa shape index (κ2) is 14.8. The molecule has 3 aromatic carbocycles. The quantitative estimate of drug-likeness (QED) is 0.102. The number of hydrogen-bond donors (Lipinski definition) is 2. The fourth-order valence-electron chi connectivity index (χ4n) is 3.52. The summed E-state index contributed by atoms with van der Waals surface area (Å²) >= 11 is 0. The maximum absolute atomic E-state index is 12.4. The van der Waals surface area contributed by atoms with Gasteiger partial charge in [-0.3, -0.25) is 0 Å². The average Bonchev–Trinajstić information content (AvgIpc) is 2.93. The van der Waals surface area contributed by atoms with Crippen LogP contribution in [0.2, 0.25) is 0 Å². The Hall–Kier alpha value is -4.79. The van der Waals surface area contributed by atoms with Crippen molar-refractivity contribution in [2.24, 2.45) is 0 Å². The van der Waals surface area contributed by atoms with Gasteiger partial charge in [-0.25, -0.2) is 14.4 Å². The predicted octanol–water partition coefficient (Wildman–Crippen LogP) is 5.05. The minimum atomic E-state index is -0.487. The standard InChI is InChI=1S/C30H32N2O7/c1-36-28(33)15-8-21-6-11-27(12-7-21)39-30(35)22-9-13-26(14-10-22)37-16-4-2-3-5-17-38-29(34)23-18-24(31)20-25(32)19-23/h6-15,18-20H,2-5,16-17,31-32H2,1H3/b15-8+. The highest BCUT2D eigenvalue weighted by Crippen LogP contribution is 2.18. The van der Waals surface area contributed by atoms with Gasteiger partial charge in [0, 0.05) is 17.5 Å². The van der Waals surface area contributed by atoms with E-state index < -0.39 is 17.9 Å². The van der Waals surface area contributed by atoms with Crippen molar-refractivity contribution in [2.45, 2.75) is 25.7 Å². The SMILES string of the molecule is COC(=O)/C=C/c1ccc(OC(=O)c2ccc(OCCCCCCOC(=O)c3cc(N)cc(N)c3)cc2)cc1. The van der Waals surface area contributed by atoms with Crippen LogP contribution in [0.25, 0.3) is 6.08 Å². The van der Waals surface area contributed by atoms with E-state index in [-0.39, 0.29) is 0 Å². The summed E-state index contributed by atoms with van der Waals surface area (Å²) in [7, 11) is 1.31. The van der Waals surface area contributed by atoms with Crippen molar-refractivity contribution in [1.29, 1.82) is 0 Å². The van der Waals surface area contributed by atoms with Gasteiger partial charge in [0.1, 0.15) is 11.5 Å². The van der Waals surface area contributed by atoms with E-state index in [1.54, 1.807) is 72.8 Å². The summed E-state index contributed by atoms with van der Waals surface area (Å²) in [4.78, 5) is 35.7. The topological polar surface area (TPSA) is 140 Å². The molecule has 0 fully saturated rings. The number of methoxy groups -OCH3 is 1. The molecule has 3 aromatic rings. The van der Waals surface area contributed by atoms with Crippen LogP contribution in [-0.4, -0.2) is 38.2 Å². The molecular formula is C30H32N2O7. The zero-order valence-electron chi connectivity index (χ0n) is 21.8. The number of nitrogens with two attached hydrogens (primary N) is 2. The van der Waals surface area contributed by atoms with Gasteiger partial charge >= 0.3 is 17.9 Å². The third-order valence-corrected chi connectivity index (χ3v) is 5.55. The van der Waals surface area contributed by atoms with Gasteiger partial charge in [-0.15, -0.1) is 0 Å². The first-order chi connectivity index (χ1) is 18.8. The van der Waals surface area contributed by atoms with E-state index in [1.165, 1.54) is 13.2 Å². The molecule has 0 aromatic heterocycles. The molecule has 0 saturated carbocycles. The van der Waals surface area contributed by atoms with Gasteiger partial charge in [-0.05, 0) is 91.9 Å². The van der Waals surface area contributed by atoms with Gasteiger partial charge in [-0.1, -0.05) is 12.1 Å². The van der Waals surface area contributed by atoms with Crippen LogP contribution in [-0.2, 0) is 14.3 Å². The van der Waals surface area contributed by atoms with Crippen LogP contribution in [0.1, 0.15) is 52.0 Å². The van der Waals surface area contributed by atoms with Crippen LogP contribution in [0.15, 0.2) is 72.8 Å². The fraction of sp³-hybridized carbons (Fsp3) is 0.233. The average molecular weight is 533 g/mol. The van der Waals surface area contributed by atoms with Crippen molar-refractivity contribution in [2.75, 3.05) is 31.8 Å². The lowest BCUT2D eigenvalue weighted by Gasteiger charge is -2.08. The lowest BCUT2D eigenvalue weighted by molar-refractivity contribution is -0.134. The highest BCUT2D eigenvalue weighted by Gasteiger charge is 2.10. The molecule has 0 spiro atoms. The summed E-state index contributed by atoms with van der Waals surface area (Å²) in [6.07, 6.45) is 6.31. The Bertz CT molecular complexity index is 1270. The molecule has 0 radical (unpaired) electrons. The van der Waals surface area contributed by atoms with Gasteiger partial charge in [0.2, 0.25) is 0 Å². The van der Waals surface area contributed by atoms with Crippen LogP contribution in [0.4, 0.5) is 11.4 Å². The molecule has 4 N–H and O–H groups in total. The lowest BCUT2D eigenvalue weighted by atomic mass is 10.2. The van der Waals surface area contributed by atoms with Crippen LogP contribution < -0.4 is 20.9 Å². The van der Waals surface area contributed by atoms with E-state index in [1.807, 2.05) is 0 Å². The van der Waals surface area contributed by atoms with Crippen LogP contribution in [0.5, 0.6) is 11.5 Å². The monoisotopic (exact) mass is 532 g/mol. The number of unbranched alkanes of at least 4 members (excludes halogenated alkanes) is 3. The first-order valence-electron chi connectivity index (χ1n) is 12.5. The number of hydrogen-bond acceptors (Lipinski definition) is 9. The van der Waals surface area contributed by atoms with Gasteiger partial charge in [0.05, 0.1) is 31.5 Å². The molecule has 204 valence electrons. The molecule has 0 aliphatic rings. The number of anilines is 2. The maximum atomic E-state index is 12.4. The van der Waals surface area contributed by atoms with Crippen molar-refractivity contribution in [3.63, 3.8) is 0 Å². The molecule has 3 rings (SSSR count). The predicted molar refractivity (Wildman–Crippen MR) is 148 cm³/mol. The molecule has 39 heavy (non-hydrogen) atoms. The van der Waals surface area contributed by atoms with Gasteiger partial charge in [-0.2, -0.15) is 0 Å². The molecular weight excluding hydrogens is 500 g/mol. The van der Waals surface area contributed by atoms with Crippen LogP contribution >= 0.6 is 0 Å². The first-order valence-corrected chi connectivity index (χ1v) is 12.5. The number of esters is 3. The molecule has 0 unspecified atom stereocenters. The Morgan fingerprint density at radius 3 is 1.97 bits per heavy atom. The number of ether oxygens (including phenoxy) is 4. The van der Waals surface area contributed by atoms with E-state index in [2.05, 4.69) is 4.74 Å². The Balaban J connectivity index is 1.30. The Labute approximate surface area is 227 Å². The summed E-state index contributed by atoms with van der Waals surface area (Å²) < 4.78 is 21.0. The zero-order valence-corrected chi connectivity index (χ0v) is 21.8. The maximum Gasteiger partial charge on any atom is 0.343 e. The Kier molecular flexibility index (Phi) is 10.9. The molecule has 0 amide bonds. The number of benzene rings is 3. The zero-order chi connectivity index (χ0) is 28.0. The van der Waals surface area contributed by atoms with Gasteiger partial charge < -0.3 is 30.4 Å². The number of carbonyl (C=O) groups is 3. The van der Waals surface area contributed by atoms with Crippen LogP contribution in [0.3, 0.4) is 0 Å². The molecule has 0 atom stereocenters. The lowest BCUT2D eigenvalue weighted by Crippen LogP contribution is -2.08. The van der Waals surface area contributed by atoms with E-state index in [9.17, 15) is 14.4 Å². The molecule has 0 saturated heterocycles. The Morgan fingerprint density at radius 2 is 1.33 bits per heavy atom. The van der Waals surface area contributed by atoms with Crippen molar-refractivity contribution < 1.29 is 33.3 Å². The third-order valence-electron chi connectivity index (χ3n) is 5.55. The Morgan fingerprint density at radius 1 is 0.718 bits per heavy atom. The summed E-state index contributed by atoms with van der Waals surface area (Å²) in [6, 6.07) is 18.1. The largest absolute Gasteiger partial charge is 0.494 e. The van der Waals surface area contributed by atoms with E-state index in [4.69, 9.17) is 25.7 Å². The molecule has 0 bridgehead atoms. The number of carbonyl (C=O) groups excluding carboxylic acids is 3. The van der Waals surface area contributed by atoms with Gasteiger partial charge in [0.15, 0.2) is 0 Å². The second-order valence-electron chi connectivity index (χ2n) is 8.63. The summed E-state index contributed by atoms with van der Waals surface area (Å²) in [6.45, 7) is 0.853. The first kappa shape index (κ1) is 28.8. The minimum absolute atomic E-state index is 0.322. The number of nitrogen functional groups attached to an aromatic ring is 2. The number of rotatable bonds is 13. The smallest absolute Gasteiger partial charge is 0.343 e. The summed E-state index contributed by atoms with van der Waals surface area (Å²) in [5.41, 5.74) is 13.8. The molecule has 9 heteroatoms. The van der Waals surface area contributed by atoms with Crippen molar-refractivity contribution >= 4 is 35.4 Å². The van der Waals surface area contributed by atoms with Crippen LogP contribution in [0, 0.1) is 0 Å². The normalized spacial score (nSPS) is 10.7. The van der Waals surface area contributed by atoms with E-state index in [0.29, 0.717) is 47.2 Å². The van der Waals surface area contributed by atoms with Crippen molar-refractivity contribution in [3.8, 4) is 11.5 Å². The van der Waals surface area contributed by atoms with Crippen molar-refractivity contribution in [3.05, 3.63) is 89.5 Å². The fourth-order valence-corrected chi connectivity index (χ4v) is 3.52. The highest BCUT2D eigenvalue weighted by molar-refractivity contribution is 5.92. The summed E-state index contributed by atoms with van der Waals surface area (Å²) in [5, 5.41) is 0. The second-order valence-corrected chi connectivity index (χ2v) is 8.63.